The van der Waals surface area contributed by atoms with Crippen molar-refractivity contribution in [2.45, 2.75) is 51.2 Å². The van der Waals surface area contributed by atoms with Crippen molar-refractivity contribution in [2.75, 3.05) is 26.7 Å². The number of carbonyl (C=O) groups is 1. The summed E-state index contributed by atoms with van der Waals surface area (Å²) in [5.41, 5.74) is 2.77. The fourth-order valence-corrected chi connectivity index (χ4v) is 5.25. The monoisotopic (exact) mass is 446 g/mol. The van der Waals surface area contributed by atoms with E-state index in [1.165, 1.54) is 24.8 Å². The van der Waals surface area contributed by atoms with Gasteiger partial charge in [0.25, 0.3) is 5.91 Å². The number of pyridine rings is 1. The van der Waals surface area contributed by atoms with Crippen molar-refractivity contribution in [1.82, 2.24) is 29.7 Å². The van der Waals surface area contributed by atoms with Crippen molar-refractivity contribution in [3.8, 4) is 0 Å². The maximum Gasteiger partial charge on any atom is 0.253 e. The van der Waals surface area contributed by atoms with Gasteiger partial charge in [-0.25, -0.2) is 0 Å². The lowest BCUT2D eigenvalue weighted by Crippen LogP contribution is -2.46. The highest BCUT2D eigenvalue weighted by molar-refractivity contribution is 5.94. The van der Waals surface area contributed by atoms with Gasteiger partial charge in [-0.1, -0.05) is 50.1 Å². The van der Waals surface area contributed by atoms with Gasteiger partial charge in [0.15, 0.2) is 11.5 Å². The third-order valence-corrected chi connectivity index (χ3v) is 7.40. The molecule has 5 rings (SSSR count). The summed E-state index contributed by atoms with van der Waals surface area (Å²) >= 11 is 0. The van der Waals surface area contributed by atoms with Crippen LogP contribution >= 0.6 is 0 Å². The highest BCUT2D eigenvalue weighted by Crippen LogP contribution is 2.26. The van der Waals surface area contributed by atoms with Gasteiger partial charge in [0.1, 0.15) is 0 Å². The lowest BCUT2D eigenvalue weighted by molar-refractivity contribution is 0.0852. The third kappa shape index (κ3) is 4.80. The van der Waals surface area contributed by atoms with Gasteiger partial charge in [-0.15, -0.1) is 10.2 Å². The first-order chi connectivity index (χ1) is 16.1. The Bertz CT molecular complexity index is 1100. The molecule has 3 aromatic rings. The molecule has 1 N–H and O–H groups in total. The molecule has 2 aliphatic rings. The molecule has 1 amide bonds. The van der Waals surface area contributed by atoms with Crippen LogP contribution in [0, 0.1) is 5.92 Å². The Hall–Kier alpha value is -2.77. The van der Waals surface area contributed by atoms with Crippen LogP contribution in [0.5, 0.6) is 0 Å². The van der Waals surface area contributed by atoms with Gasteiger partial charge in [-0.3, -0.25) is 19.0 Å². The molecular weight excluding hydrogens is 412 g/mol. The Morgan fingerprint density at radius 1 is 1.06 bits per heavy atom. The second-order valence-corrected chi connectivity index (χ2v) is 9.76. The zero-order chi connectivity index (χ0) is 22.8. The van der Waals surface area contributed by atoms with Crippen LogP contribution in [-0.2, 0) is 6.54 Å². The molecule has 1 aromatic carbocycles. The first-order valence-electron chi connectivity index (χ1n) is 12.2. The number of likely N-dealkylation sites (N-methyl/N-ethyl adjacent to an activating group) is 1. The number of benzene rings is 1. The van der Waals surface area contributed by atoms with Gasteiger partial charge in [-0.2, -0.15) is 0 Å². The highest BCUT2D eigenvalue weighted by Gasteiger charge is 2.30. The smallest absolute Gasteiger partial charge is 0.253 e. The number of nitrogens with zero attached hydrogens (tertiary/aromatic N) is 5. The number of piperazine rings is 1. The van der Waals surface area contributed by atoms with E-state index in [2.05, 4.69) is 69.6 Å². The Kier molecular flexibility index (Phi) is 6.42. The fourth-order valence-electron chi connectivity index (χ4n) is 5.25. The molecule has 7 heteroatoms. The molecule has 1 aliphatic carbocycles. The van der Waals surface area contributed by atoms with Crippen LogP contribution < -0.4 is 5.32 Å². The topological polar surface area (TPSA) is 65.8 Å². The van der Waals surface area contributed by atoms with E-state index in [0.29, 0.717) is 11.5 Å². The minimum atomic E-state index is -0.00185. The van der Waals surface area contributed by atoms with E-state index >= 15 is 0 Å². The average Bonchev–Trinajstić information content (AvgIpc) is 3.25. The third-order valence-electron chi connectivity index (χ3n) is 7.40. The van der Waals surface area contributed by atoms with Crippen LogP contribution in [0.4, 0.5) is 0 Å². The molecule has 1 saturated heterocycles. The predicted octanol–water partition coefficient (Wildman–Crippen LogP) is 3.53. The number of rotatable bonds is 5. The summed E-state index contributed by atoms with van der Waals surface area (Å²) in [7, 11) is 2.15. The van der Waals surface area contributed by atoms with Crippen molar-refractivity contribution in [1.29, 1.82) is 0 Å². The molecule has 2 fully saturated rings. The Balaban J connectivity index is 1.35. The maximum atomic E-state index is 13.0. The van der Waals surface area contributed by atoms with Gasteiger partial charge >= 0.3 is 0 Å². The summed E-state index contributed by atoms with van der Waals surface area (Å²) in [4.78, 5) is 17.9. The Morgan fingerprint density at radius 3 is 2.70 bits per heavy atom. The second-order valence-electron chi connectivity index (χ2n) is 9.76. The van der Waals surface area contributed by atoms with Crippen molar-refractivity contribution in [2.24, 2.45) is 5.92 Å². The number of carbonyl (C=O) groups excluding carboxylic acids is 1. The van der Waals surface area contributed by atoms with Gasteiger partial charge in [0.2, 0.25) is 0 Å². The van der Waals surface area contributed by atoms with Gasteiger partial charge in [-0.05, 0) is 43.5 Å². The Labute approximate surface area is 195 Å². The maximum absolute atomic E-state index is 13.0. The molecular formula is C26H34N6O. The van der Waals surface area contributed by atoms with E-state index in [1.54, 1.807) is 0 Å². The molecule has 174 valence electrons. The molecule has 0 unspecified atom stereocenters. The first-order valence-corrected chi connectivity index (χ1v) is 12.2. The number of nitrogens with one attached hydrogen (secondary N) is 1. The second kappa shape index (κ2) is 9.61. The van der Waals surface area contributed by atoms with Crippen LogP contribution in [0.15, 0.2) is 48.7 Å². The van der Waals surface area contributed by atoms with Crippen molar-refractivity contribution in [3.63, 3.8) is 0 Å². The quantitative estimate of drug-likeness (QED) is 0.650. The zero-order valence-electron chi connectivity index (χ0n) is 19.7. The molecule has 33 heavy (non-hydrogen) atoms. The summed E-state index contributed by atoms with van der Waals surface area (Å²) in [5.74, 6) is 1.42. The fraction of sp³-hybridized carbons (Fsp3) is 0.500. The lowest BCUT2D eigenvalue weighted by Gasteiger charge is -2.38. The molecule has 1 aliphatic heterocycles. The van der Waals surface area contributed by atoms with Crippen LogP contribution in [-0.4, -0.2) is 63.0 Å². The van der Waals surface area contributed by atoms with Gasteiger partial charge in [0.05, 0.1) is 11.6 Å². The van der Waals surface area contributed by atoms with Gasteiger partial charge < -0.3 is 5.32 Å². The number of fused-ring (bicyclic) bond motifs is 1. The average molecular weight is 447 g/mol. The van der Waals surface area contributed by atoms with E-state index in [9.17, 15) is 4.79 Å². The molecule has 3 atom stereocenters. The summed E-state index contributed by atoms with van der Waals surface area (Å²) < 4.78 is 2.01. The van der Waals surface area contributed by atoms with Crippen molar-refractivity contribution >= 4 is 11.6 Å². The minimum absolute atomic E-state index is 0.00185. The minimum Gasteiger partial charge on any atom is -0.349 e. The largest absolute Gasteiger partial charge is 0.349 e. The first kappa shape index (κ1) is 22.0. The van der Waals surface area contributed by atoms with Crippen LogP contribution in [0.1, 0.15) is 60.4 Å². The standard InChI is InChI=1S/C26H34N6O/c1-19-8-6-7-11-22(19)27-26(33)21-12-13-24-28-29-25(32(24)17-21)23-18-31(15-14-30(23)2)16-20-9-4-3-5-10-20/h3-5,9-10,12-13,17,19,22-23H,6-8,11,14-16,18H2,1-2H3,(H,27,33)/t19-,22-,23-/m1/s1. The molecule has 1 saturated carbocycles. The van der Waals surface area contributed by atoms with E-state index in [-0.39, 0.29) is 18.0 Å². The molecule has 3 heterocycles. The predicted molar refractivity (Wildman–Crippen MR) is 129 cm³/mol. The van der Waals surface area contributed by atoms with E-state index in [1.807, 2.05) is 22.7 Å². The molecule has 0 bridgehead atoms. The number of amides is 1. The molecule has 7 nitrogen and oxygen atoms in total. The number of aromatic nitrogens is 3. The van der Waals surface area contributed by atoms with E-state index in [4.69, 9.17) is 0 Å². The molecule has 0 radical (unpaired) electrons. The highest BCUT2D eigenvalue weighted by atomic mass is 16.1. The SMILES string of the molecule is C[C@@H]1CCCC[C@H]1NC(=O)c1ccc2nnc([C@H]3CN(Cc4ccccc4)CCN3C)n2c1. The summed E-state index contributed by atoms with van der Waals surface area (Å²) in [6, 6.07) is 14.7. The zero-order valence-corrected chi connectivity index (χ0v) is 19.7. The van der Waals surface area contributed by atoms with E-state index in [0.717, 1.165) is 44.1 Å². The van der Waals surface area contributed by atoms with Crippen LogP contribution in [0.2, 0.25) is 0 Å². The Morgan fingerprint density at radius 2 is 1.88 bits per heavy atom. The summed E-state index contributed by atoms with van der Waals surface area (Å²) in [5, 5.41) is 12.2. The van der Waals surface area contributed by atoms with Crippen LogP contribution in [0.25, 0.3) is 5.65 Å². The molecule has 2 aromatic heterocycles. The van der Waals surface area contributed by atoms with Crippen molar-refractivity contribution < 1.29 is 4.79 Å². The van der Waals surface area contributed by atoms with Gasteiger partial charge in [0, 0.05) is 38.4 Å². The van der Waals surface area contributed by atoms with Crippen molar-refractivity contribution in [3.05, 3.63) is 65.6 Å². The summed E-state index contributed by atoms with van der Waals surface area (Å²) in [6.45, 7) is 6.03. The molecule has 0 spiro atoms. The lowest BCUT2D eigenvalue weighted by atomic mass is 9.86. The normalized spacial score (nSPS) is 24.7. The summed E-state index contributed by atoms with van der Waals surface area (Å²) in [6.07, 6.45) is 6.62. The number of hydrogen-bond donors (Lipinski definition) is 1. The number of hydrogen-bond acceptors (Lipinski definition) is 5. The van der Waals surface area contributed by atoms with E-state index < -0.39 is 0 Å². The van der Waals surface area contributed by atoms with Crippen LogP contribution in [0.3, 0.4) is 0 Å².